The molecule has 0 aromatic carbocycles. The maximum atomic E-state index is 12.3. The largest absolute Gasteiger partial charge is 0.480 e. The molecular weight excluding hydrogens is 300 g/mol. The molecule has 0 saturated carbocycles. The standard InChI is InChI=1S/C15H18N4O2S/c1-19(8-11-9-22-18-14(11)21-2)15(20)17-12-6-10-4-3-5-13(10)16-7-12/h6-7,9H,3-5,8H2,1-2H3,(H,17,20). The number of nitrogens with one attached hydrogen (secondary N) is 1. The van der Waals surface area contributed by atoms with Gasteiger partial charge in [0.25, 0.3) is 0 Å². The van der Waals surface area contributed by atoms with Gasteiger partial charge >= 0.3 is 6.03 Å². The van der Waals surface area contributed by atoms with Crippen LogP contribution in [0.15, 0.2) is 17.6 Å². The molecule has 116 valence electrons. The molecule has 0 saturated heterocycles. The molecule has 0 unspecified atom stereocenters. The van der Waals surface area contributed by atoms with Crippen molar-refractivity contribution in [3.63, 3.8) is 0 Å². The van der Waals surface area contributed by atoms with Crippen LogP contribution in [0.5, 0.6) is 5.88 Å². The number of nitrogens with zero attached hydrogens (tertiary/aromatic N) is 3. The van der Waals surface area contributed by atoms with E-state index in [1.54, 1.807) is 25.3 Å². The Kier molecular flexibility index (Phi) is 4.24. The van der Waals surface area contributed by atoms with Gasteiger partial charge in [0.05, 0.1) is 25.5 Å². The van der Waals surface area contributed by atoms with Gasteiger partial charge in [0.2, 0.25) is 5.88 Å². The van der Waals surface area contributed by atoms with Crippen LogP contribution in [0.1, 0.15) is 23.2 Å². The fraction of sp³-hybridized carbons (Fsp3) is 0.400. The number of ether oxygens (including phenoxy) is 1. The van der Waals surface area contributed by atoms with Gasteiger partial charge in [-0.15, -0.1) is 0 Å². The minimum Gasteiger partial charge on any atom is -0.480 e. The van der Waals surface area contributed by atoms with Crippen LogP contribution in [-0.4, -0.2) is 34.4 Å². The zero-order valence-corrected chi connectivity index (χ0v) is 13.4. The summed E-state index contributed by atoms with van der Waals surface area (Å²) in [5.41, 5.74) is 4.04. The maximum Gasteiger partial charge on any atom is 0.321 e. The van der Waals surface area contributed by atoms with Gasteiger partial charge in [-0.3, -0.25) is 4.98 Å². The van der Waals surface area contributed by atoms with Gasteiger partial charge in [-0.05, 0) is 42.4 Å². The van der Waals surface area contributed by atoms with Gasteiger partial charge in [0, 0.05) is 23.7 Å². The topological polar surface area (TPSA) is 67.3 Å². The van der Waals surface area contributed by atoms with Crippen molar-refractivity contribution in [2.45, 2.75) is 25.8 Å². The number of rotatable bonds is 4. The summed E-state index contributed by atoms with van der Waals surface area (Å²) in [7, 11) is 3.32. The molecule has 0 aliphatic heterocycles. The zero-order valence-electron chi connectivity index (χ0n) is 12.6. The fourth-order valence-corrected chi connectivity index (χ4v) is 3.20. The number of amides is 2. The van der Waals surface area contributed by atoms with Crippen LogP contribution >= 0.6 is 11.5 Å². The third-order valence-electron chi connectivity index (χ3n) is 3.72. The summed E-state index contributed by atoms with van der Waals surface area (Å²) in [4.78, 5) is 18.3. The number of aryl methyl sites for hydroxylation is 2. The van der Waals surface area contributed by atoms with Crippen molar-refractivity contribution < 1.29 is 9.53 Å². The van der Waals surface area contributed by atoms with Crippen molar-refractivity contribution in [2.24, 2.45) is 0 Å². The van der Waals surface area contributed by atoms with Crippen LogP contribution in [-0.2, 0) is 19.4 Å². The number of urea groups is 1. The Morgan fingerprint density at radius 1 is 1.50 bits per heavy atom. The molecule has 2 aromatic heterocycles. The summed E-state index contributed by atoms with van der Waals surface area (Å²) in [6.07, 6.45) is 4.95. The number of aromatic nitrogens is 2. The Morgan fingerprint density at radius 3 is 3.18 bits per heavy atom. The van der Waals surface area contributed by atoms with Gasteiger partial charge < -0.3 is 15.0 Å². The Bertz CT molecular complexity index is 686. The predicted octanol–water partition coefficient (Wildman–Crippen LogP) is 2.70. The molecule has 2 heterocycles. The van der Waals surface area contributed by atoms with Gasteiger partial charge in [-0.1, -0.05) is 0 Å². The van der Waals surface area contributed by atoms with Crippen LogP contribution in [0.25, 0.3) is 0 Å². The van der Waals surface area contributed by atoms with Gasteiger partial charge in [0.1, 0.15) is 0 Å². The lowest BCUT2D eigenvalue weighted by Crippen LogP contribution is -2.30. The highest BCUT2D eigenvalue weighted by Crippen LogP contribution is 2.23. The van der Waals surface area contributed by atoms with Gasteiger partial charge in [0.15, 0.2) is 0 Å². The summed E-state index contributed by atoms with van der Waals surface area (Å²) in [5.74, 6) is 0.573. The lowest BCUT2D eigenvalue weighted by Gasteiger charge is -2.18. The summed E-state index contributed by atoms with van der Waals surface area (Å²) >= 11 is 1.32. The second-order valence-corrected chi connectivity index (χ2v) is 5.95. The molecule has 2 aromatic rings. The molecule has 6 nitrogen and oxygen atoms in total. The van der Waals surface area contributed by atoms with E-state index >= 15 is 0 Å². The van der Waals surface area contributed by atoms with E-state index in [-0.39, 0.29) is 6.03 Å². The number of hydrogen-bond donors (Lipinski definition) is 1. The zero-order chi connectivity index (χ0) is 15.5. The van der Waals surface area contributed by atoms with Crippen LogP contribution in [0.4, 0.5) is 10.5 Å². The van der Waals surface area contributed by atoms with Crippen molar-refractivity contribution in [3.8, 4) is 5.88 Å². The lowest BCUT2D eigenvalue weighted by molar-refractivity contribution is 0.220. The first-order valence-corrected chi connectivity index (χ1v) is 7.98. The van der Waals surface area contributed by atoms with Crippen molar-refractivity contribution >= 4 is 23.3 Å². The normalized spacial score (nSPS) is 12.8. The molecule has 0 bridgehead atoms. The molecule has 22 heavy (non-hydrogen) atoms. The highest BCUT2D eigenvalue weighted by molar-refractivity contribution is 7.03. The first-order chi connectivity index (χ1) is 10.7. The molecule has 0 fully saturated rings. The first-order valence-electron chi connectivity index (χ1n) is 7.14. The molecule has 1 aliphatic carbocycles. The molecule has 3 rings (SSSR count). The molecule has 0 radical (unpaired) electrons. The number of carbonyl (C=O) groups is 1. The number of hydrogen-bond acceptors (Lipinski definition) is 5. The molecule has 0 atom stereocenters. The average molecular weight is 318 g/mol. The van der Waals surface area contributed by atoms with Crippen molar-refractivity contribution in [2.75, 3.05) is 19.5 Å². The van der Waals surface area contributed by atoms with E-state index in [1.165, 1.54) is 17.1 Å². The number of methoxy groups -OCH3 is 1. The molecular formula is C15H18N4O2S. The van der Waals surface area contributed by atoms with E-state index in [1.807, 2.05) is 11.4 Å². The van der Waals surface area contributed by atoms with Crippen LogP contribution in [0, 0.1) is 0 Å². The van der Waals surface area contributed by atoms with Gasteiger partial charge in [-0.25, -0.2) is 4.79 Å². The van der Waals surface area contributed by atoms with E-state index in [9.17, 15) is 4.79 Å². The summed E-state index contributed by atoms with van der Waals surface area (Å²) in [5, 5.41) is 4.78. The first kappa shape index (κ1) is 14.8. The Labute approximate surface area is 133 Å². The summed E-state index contributed by atoms with van der Waals surface area (Å²) in [6, 6.07) is 1.85. The third-order valence-corrected chi connectivity index (χ3v) is 4.38. The number of anilines is 1. The highest BCUT2D eigenvalue weighted by atomic mass is 32.1. The van der Waals surface area contributed by atoms with Crippen molar-refractivity contribution in [3.05, 3.63) is 34.5 Å². The Balaban J connectivity index is 1.64. The van der Waals surface area contributed by atoms with Crippen LogP contribution < -0.4 is 10.1 Å². The summed E-state index contributed by atoms with van der Waals surface area (Å²) in [6.45, 7) is 0.448. The van der Waals surface area contributed by atoms with Crippen molar-refractivity contribution in [1.82, 2.24) is 14.3 Å². The molecule has 2 amide bonds. The Morgan fingerprint density at radius 2 is 2.36 bits per heavy atom. The molecule has 1 N–H and O–H groups in total. The Hall–Kier alpha value is -2.15. The fourth-order valence-electron chi connectivity index (χ4n) is 2.56. The predicted molar refractivity (Wildman–Crippen MR) is 85.4 cm³/mol. The van der Waals surface area contributed by atoms with Crippen molar-refractivity contribution in [1.29, 1.82) is 0 Å². The highest BCUT2D eigenvalue weighted by Gasteiger charge is 2.16. The monoisotopic (exact) mass is 318 g/mol. The number of carbonyl (C=O) groups excluding carboxylic acids is 1. The second-order valence-electron chi connectivity index (χ2n) is 5.32. The molecule has 0 spiro atoms. The van der Waals surface area contributed by atoms with Crippen LogP contribution in [0.3, 0.4) is 0 Å². The van der Waals surface area contributed by atoms with Gasteiger partial charge in [-0.2, -0.15) is 4.37 Å². The minimum absolute atomic E-state index is 0.173. The van der Waals surface area contributed by atoms with E-state index in [2.05, 4.69) is 14.7 Å². The smallest absolute Gasteiger partial charge is 0.321 e. The van der Waals surface area contributed by atoms with E-state index in [0.29, 0.717) is 12.4 Å². The minimum atomic E-state index is -0.173. The van der Waals surface area contributed by atoms with E-state index in [0.717, 1.165) is 36.2 Å². The number of pyridine rings is 1. The number of fused-ring (bicyclic) bond motifs is 1. The maximum absolute atomic E-state index is 12.3. The molecule has 7 heteroatoms. The second kappa shape index (κ2) is 6.31. The lowest BCUT2D eigenvalue weighted by atomic mass is 10.2. The van der Waals surface area contributed by atoms with E-state index in [4.69, 9.17) is 4.74 Å². The third kappa shape index (κ3) is 3.04. The average Bonchev–Trinajstić information content (AvgIpc) is 3.15. The quantitative estimate of drug-likeness (QED) is 0.941. The molecule has 1 aliphatic rings. The van der Waals surface area contributed by atoms with E-state index < -0.39 is 0 Å². The van der Waals surface area contributed by atoms with Crippen LogP contribution in [0.2, 0.25) is 0 Å². The summed E-state index contributed by atoms with van der Waals surface area (Å²) < 4.78 is 9.29. The SMILES string of the molecule is COc1nscc1CN(C)C(=O)Nc1cnc2c(c1)CCC2.